The number of ether oxygens (including phenoxy) is 2. The Kier molecular flexibility index (Phi) is 6.08. The highest BCUT2D eigenvalue weighted by molar-refractivity contribution is 14.0. The van der Waals surface area contributed by atoms with E-state index in [1.54, 1.807) is 13.3 Å². The third-order valence-electron chi connectivity index (χ3n) is 3.35. The van der Waals surface area contributed by atoms with Gasteiger partial charge in [-0.1, -0.05) is 11.2 Å². The first-order valence-electron chi connectivity index (χ1n) is 6.96. The van der Waals surface area contributed by atoms with Gasteiger partial charge in [0.15, 0.2) is 17.5 Å². The first-order chi connectivity index (χ1) is 10.8. The minimum Gasteiger partial charge on any atom is -0.454 e. The number of rotatable bonds is 4. The molecule has 0 aliphatic carbocycles. The summed E-state index contributed by atoms with van der Waals surface area (Å²) in [6.07, 6.45) is 1.55. The van der Waals surface area contributed by atoms with Crippen LogP contribution in [0, 0.1) is 0 Å². The maximum absolute atomic E-state index is 5.40. The highest BCUT2D eigenvalue weighted by atomic mass is 127. The summed E-state index contributed by atoms with van der Waals surface area (Å²) in [5, 5.41) is 7.11. The van der Waals surface area contributed by atoms with Crippen molar-refractivity contribution in [2.45, 2.75) is 13.1 Å². The standard InChI is InChI=1S/C15H18N4O3.HI/c1-16-15(17-8-12-5-6-22-18-12)19(2)9-11-3-4-13-14(7-11)21-10-20-13;/h3-7H,8-10H2,1-2H3,(H,16,17);1H. The van der Waals surface area contributed by atoms with Crippen LogP contribution in [0.25, 0.3) is 0 Å². The second-order valence-corrected chi connectivity index (χ2v) is 4.94. The van der Waals surface area contributed by atoms with Crippen LogP contribution in [0.15, 0.2) is 40.0 Å². The first kappa shape index (κ1) is 17.4. The number of nitrogens with one attached hydrogen (secondary N) is 1. The fourth-order valence-corrected chi connectivity index (χ4v) is 2.27. The Morgan fingerprint density at radius 2 is 2.13 bits per heavy atom. The molecule has 23 heavy (non-hydrogen) atoms. The minimum atomic E-state index is 0. The van der Waals surface area contributed by atoms with Crippen LogP contribution in [-0.2, 0) is 13.1 Å². The van der Waals surface area contributed by atoms with Gasteiger partial charge in [-0.3, -0.25) is 4.99 Å². The molecule has 0 saturated carbocycles. The SMILES string of the molecule is CN=C(NCc1ccon1)N(C)Cc1ccc2c(c1)OCO2.I. The molecule has 3 rings (SSSR count). The molecule has 1 N–H and O–H groups in total. The van der Waals surface area contributed by atoms with Gasteiger partial charge in [-0.15, -0.1) is 24.0 Å². The number of nitrogens with zero attached hydrogens (tertiary/aromatic N) is 3. The average molecular weight is 430 g/mol. The lowest BCUT2D eigenvalue weighted by Gasteiger charge is -2.22. The van der Waals surface area contributed by atoms with Gasteiger partial charge in [0.25, 0.3) is 0 Å². The fourth-order valence-electron chi connectivity index (χ4n) is 2.27. The lowest BCUT2D eigenvalue weighted by molar-refractivity contribution is 0.174. The van der Waals surface area contributed by atoms with Gasteiger partial charge in [-0.25, -0.2) is 0 Å². The lowest BCUT2D eigenvalue weighted by atomic mass is 10.2. The van der Waals surface area contributed by atoms with Gasteiger partial charge in [0.1, 0.15) is 12.0 Å². The van der Waals surface area contributed by atoms with Gasteiger partial charge in [0.2, 0.25) is 6.79 Å². The second kappa shape index (κ2) is 8.04. The Morgan fingerprint density at radius 1 is 1.30 bits per heavy atom. The zero-order chi connectivity index (χ0) is 15.4. The van der Waals surface area contributed by atoms with Crippen molar-refractivity contribution in [3.8, 4) is 11.5 Å². The predicted molar refractivity (Wildman–Crippen MR) is 96.1 cm³/mol. The molecule has 1 aromatic heterocycles. The third-order valence-corrected chi connectivity index (χ3v) is 3.35. The van der Waals surface area contributed by atoms with Crippen molar-refractivity contribution in [2.24, 2.45) is 4.99 Å². The van der Waals surface area contributed by atoms with Crippen LogP contribution in [-0.4, -0.2) is 36.9 Å². The van der Waals surface area contributed by atoms with Gasteiger partial charge in [0, 0.05) is 26.7 Å². The molecular formula is C15H19IN4O3. The van der Waals surface area contributed by atoms with E-state index in [4.69, 9.17) is 14.0 Å². The average Bonchev–Trinajstić information content (AvgIpc) is 3.18. The molecule has 0 bridgehead atoms. The topological polar surface area (TPSA) is 72.1 Å². The quantitative estimate of drug-likeness (QED) is 0.456. The van der Waals surface area contributed by atoms with E-state index in [2.05, 4.69) is 15.5 Å². The van der Waals surface area contributed by atoms with E-state index in [9.17, 15) is 0 Å². The number of benzene rings is 1. The highest BCUT2D eigenvalue weighted by Crippen LogP contribution is 2.32. The van der Waals surface area contributed by atoms with Gasteiger partial charge < -0.3 is 24.2 Å². The molecule has 2 aromatic rings. The summed E-state index contributed by atoms with van der Waals surface area (Å²) < 4.78 is 15.5. The highest BCUT2D eigenvalue weighted by Gasteiger charge is 2.14. The molecule has 7 nitrogen and oxygen atoms in total. The lowest BCUT2D eigenvalue weighted by Crippen LogP contribution is -2.38. The van der Waals surface area contributed by atoms with Crippen molar-refractivity contribution in [3.05, 3.63) is 41.8 Å². The van der Waals surface area contributed by atoms with Crippen molar-refractivity contribution >= 4 is 29.9 Å². The molecule has 1 aliphatic rings. The molecule has 2 heterocycles. The third kappa shape index (κ3) is 4.27. The van der Waals surface area contributed by atoms with Crippen LogP contribution >= 0.6 is 24.0 Å². The van der Waals surface area contributed by atoms with Gasteiger partial charge in [-0.05, 0) is 17.7 Å². The van der Waals surface area contributed by atoms with E-state index in [0.717, 1.165) is 28.7 Å². The minimum absolute atomic E-state index is 0. The Hall–Kier alpha value is -1.97. The molecule has 124 valence electrons. The molecule has 0 atom stereocenters. The number of halogens is 1. The second-order valence-electron chi connectivity index (χ2n) is 4.94. The first-order valence-corrected chi connectivity index (χ1v) is 6.96. The number of aromatic nitrogens is 1. The van der Waals surface area contributed by atoms with E-state index in [1.165, 1.54) is 0 Å². The zero-order valence-corrected chi connectivity index (χ0v) is 15.3. The maximum atomic E-state index is 5.40. The Morgan fingerprint density at radius 3 is 2.87 bits per heavy atom. The summed E-state index contributed by atoms with van der Waals surface area (Å²) in [4.78, 5) is 6.30. The van der Waals surface area contributed by atoms with Gasteiger partial charge in [0.05, 0.1) is 6.54 Å². The zero-order valence-electron chi connectivity index (χ0n) is 13.0. The van der Waals surface area contributed by atoms with E-state index >= 15 is 0 Å². The van der Waals surface area contributed by atoms with Crippen molar-refractivity contribution in [3.63, 3.8) is 0 Å². The monoisotopic (exact) mass is 430 g/mol. The summed E-state index contributed by atoms with van der Waals surface area (Å²) in [6.45, 7) is 1.55. The molecule has 0 saturated heterocycles. The molecule has 0 fully saturated rings. The molecule has 0 amide bonds. The van der Waals surface area contributed by atoms with Crippen LogP contribution in [0.3, 0.4) is 0 Å². The van der Waals surface area contributed by atoms with E-state index in [1.807, 2.05) is 36.2 Å². The molecule has 0 spiro atoms. The summed E-state index contributed by atoms with van der Waals surface area (Å²) in [5.74, 6) is 2.36. The number of fused-ring (bicyclic) bond motifs is 1. The Balaban J connectivity index is 0.00000192. The van der Waals surface area contributed by atoms with Crippen molar-refractivity contribution in [1.82, 2.24) is 15.4 Å². The molecule has 1 aliphatic heterocycles. The summed E-state index contributed by atoms with van der Waals surface area (Å²) in [7, 11) is 3.73. The van der Waals surface area contributed by atoms with E-state index in [0.29, 0.717) is 13.1 Å². The predicted octanol–water partition coefficient (Wildman–Crippen LogP) is 2.23. The van der Waals surface area contributed by atoms with Crippen molar-refractivity contribution in [2.75, 3.05) is 20.9 Å². The van der Waals surface area contributed by atoms with Crippen molar-refractivity contribution in [1.29, 1.82) is 0 Å². The summed E-state index contributed by atoms with van der Waals surface area (Å²) >= 11 is 0. The molecule has 8 heteroatoms. The van der Waals surface area contributed by atoms with Crippen LogP contribution in [0.4, 0.5) is 0 Å². The van der Waals surface area contributed by atoms with E-state index < -0.39 is 0 Å². The summed E-state index contributed by atoms with van der Waals surface area (Å²) in [5.41, 5.74) is 1.95. The number of hydrogen-bond donors (Lipinski definition) is 1. The number of guanidine groups is 1. The maximum Gasteiger partial charge on any atom is 0.231 e. The Bertz CT molecular complexity index is 661. The van der Waals surface area contributed by atoms with E-state index in [-0.39, 0.29) is 30.8 Å². The molecule has 0 radical (unpaired) electrons. The molecule has 0 unspecified atom stereocenters. The molecule has 1 aromatic carbocycles. The van der Waals surface area contributed by atoms with Gasteiger partial charge in [-0.2, -0.15) is 0 Å². The van der Waals surface area contributed by atoms with Gasteiger partial charge >= 0.3 is 0 Å². The summed E-state index contributed by atoms with van der Waals surface area (Å²) in [6, 6.07) is 7.76. The van der Waals surface area contributed by atoms with Crippen LogP contribution < -0.4 is 14.8 Å². The fraction of sp³-hybridized carbons (Fsp3) is 0.333. The van der Waals surface area contributed by atoms with Crippen molar-refractivity contribution < 1.29 is 14.0 Å². The number of hydrogen-bond acceptors (Lipinski definition) is 5. The largest absolute Gasteiger partial charge is 0.454 e. The smallest absolute Gasteiger partial charge is 0.231 e. The van der Waals surface area contributed by atoms with Crippen LogP contribution in [0.1, 0.15) is 11.3 Å². The number of aliphatic imine (C=N–C) groups is 1. The molecular weight excluding hydrogens is 411 g/mol. The normalized spacial score (nSPS) is 12.7. The van der Waals surface area contributed by atoms with Crippen LogP contribution in [0.5, 0.6) is 11.5 Å². The Labute approximate surface area is 151 Å². The van der Waals surface area contributed by atoms with Crippen LogP contribution in [0.2, 0.25) is 0 Å².